The maximum Gasteiger partial charge on any atom is 0.341 e. The van der Waals surface area contributed by atoms with E-state index in [9.17, 15) is 19.8 Å². The van der Waals surface area contributed by atoms with Crippen molar-refractivity contribution in [2.24, 2.45) is 0 Å². The summed E-state index contributed by atoms with van der Waals surface area (Å²) in [6.45, 7) is 6.47. The molecule has 2 aliphatic heterocycles. The molecule has 1 aliphatic carbocycles. The number of benzene rings is 1. The van der Waals surface area contributed by atoms with E-state index in [2.05, 4.69) is 4.90 Å². The third-order valence-electron chi connectivity index (χ3n) is 7.04. The highest BCUT2D eigenvalue weighted by Crippen LogP contribution is 2.38. The molecule has 3 fully saturated rings. The smallest absolute Gasteiger partial charge is 0.341 e. The second-order valence-corrected chi connectivity index (χ2v) is 9.82. The van der Waals surface area contributed by atoms with E-state index in [1.165, 1.54) is 12.3 Å². The highest BCUT2D eigenvalue weighted by Gasteiger charge is 2.36. The van der Waals surface area contributed by atoms with E-state index in [-0.39, 0.29) is 29.6 Å². The van der Waals surface area contributed by atoms with Gasteiger partial charge in [0.1, 0.15) is 11.4 Å². The van der Waals surface area contributed by atoms with Crippen LogP contribution in [-0.2, 0) is 9.47 Å². The van der Waals surface area contributed by atoms with Crippen molar-refractivity contribution in [2.45, 2.75) is 50.7 Å². The van der Waals surface area contributed by atoms with Gasteiger partial charge in [-0.1, -0.05) is 0 Å². The van der Waals surface area contributed by atoms with Gasteiger partial charge in [-0.2, -0.15) is 0 Å². The highest BCUT2D eigenvalue weighted by molar-refractivity contribution is 5.93. The number of hydrogen-bond acceptors (Lipinski definition) is 7. The number of hydrogen-bond donors (Lipinski definition) is 2. The van der Waals surface area contributed by atoms with E-state index in [0.717, 1.165) is 12.8 Å². The molecule has 10 heteroatoms. The molecule has 1 aromatic carbocycles. The van der Waals surface area contributed by atoms with Crippen molar-refractivity contribution in [3.05, 3.63) is 39.9 Å². The van der Waals surface area contributed by atoms with Crippen LogP contribution < -0.4 is 10.3 Å². The zero-order valence-electron chi connectivity index (χ0n) is 19.4. The molecule has 3 heterocycles. The molecule has 2 N–H and O–H groups in total. The molecule has 2 unspecified atom stereocenters. The number of aromatic carboxylic acids is 1. The van der Waals surface area contributed by atoms with Crippen LogP contribution in [0.4, 0.5) is 10.1 Å². The first-order valence-corrected chi connectivity index (χ1v) is 11.7. The molecule has 2 saturated heterocycles. The lowest BCUT2D eigenvalue weighted by atomic mass is 10.1. The summed E-state index contributed by atoms with van der Waals surface area (Å²) in [5.41, 5.74) is -0.0480. The normalized spacial score (nSPS) is 25.9. The zero-order chi connectivity index (χ0) is 24.2. The number of carbonyl (C=O) groups is 1. The molecule has 1 saturated carbocycles. The second kappa shape index (κ2) is 8.60. The molecule has 0 bridgehead atoms. The number of nitrogens with zero attached hydrogens (tertiary/aromatic N) is 3. The van der Waals surface area contributed by atoms with E-state index in [4.69, 9.17) is 9.47 Å². The van der Waals surface area contributed by atoms with Crippen LogP contribution in [0.3, 0.4) is 0 Å². The number of halogens is 1. The van der Waals surface area contributed by atoms with Crippen molar-refractivity contribution < 1.29 is 28.9 Å². The fourth-order valence-corrected chi connectivity index (χ4v) is 4.89. The molecule has 0 spiro atoms. The van der Waals surface area contributed by atoms with Gasteiger partial charge in [-0.15, -0.1) is 0 Å². The van der Waals surface area contributed by atoms with Gasteiger partial charge in [-0.05, 0) is 38.8 Å². The topological polar surface area (TPSA) is 104 Å². The standard InChI is InChI=1S/C24H30FN3O6/c1-24(2)33-12-20(21(29)13-34-24)27-7-5-26(6-8-27)19-10-18-15(9-17(19)25)22(30)16(23(31)32)11-28(18)14-3-4-14/h9-11,14,20-21,29H,3-8,12-13H2,1-2H3,(H,31,32). The van der Waals surface area contributed by atoms with Gasteiger partial charge in [-0.3, -0.25) is 9.69 Å². The summed E-state index contributed by atoms with van der Waals surface area (Å²) in [6.07, 6.45) is 2.51. The predicted molar refractivity (Wildman–Crippen MR) is 123 cm³/mol. The molecule has 1 aromatic heterocycles. The van der Waals surface area contributed by atoms with Crippen molar-refractivity contribution >= 4 is 22.6 Å². The van der Waals surface area contributed by atoms with E-state index in [0.29, 0.717) is 44.0 Å². The number of rotatable bonds is 4. The van der Waals surface area contributed by atoms with Crippen molar-refractivity contribution in [1.29, 1.82) is 0 Å². The first-order valence-electron chi connectivity index (χ1n) is 11.7. The maximum atomic E-state index is 15.2. The number of anilines is 1. The van der Waals surface area contributed by atoms with Crippen molar-refractivity contribution in [3.8, 4) is 0 Å². The fraction of sp³-hybridized carbons (Fsp3) is 0.583. The molecule has 2 aromatic rings. The van der Waals surface area contributed by atoms with Crippen LogP contribution in [-0.4, -0.2) is 83.0 Å². The number of aromatic nitrogens is 1. The molecule has 2 atom stereocenters. The van der Waals surface area contributed by atoms with Gasteiger partial charge < -0.3 is 29.2 Å². The minimum Gasteiger partial charge on any atom is -0.477 e. The van der Waals surface area contributed by atoms with Crippen LogP contribution in [0, 0.1) is 5.82 Å². The number of aliphatic hydroxyl groups is 1. The summed E-state index contributed by atoms with van der Waals surface area (Å²) < 4.78 is 28.4. The number of pyridine rings is 1. The fourth-order valence-electron chi connectivity index (χ4n) is 4.89. The summed E-state index contributed by atoms with van der Waals surface area (Å²) in [4.78, 5) is 28.3. The summed E-state index contributed by atoms with van der Waals surface area (Å²) in [7, 11) is 0. The monoisotopic (exact) mass is 475 g/mol. The number of fused-ring (bicyclic) bond motifs is 1. The Morgan fingerprint density at radius 2 is 1.79 bits per heavy atom. The maximum absolute atomic E-state index is 15.2. The quantitative estimate of drug-likeness (QED) is 0.690. The summed E-state index contributed by atoms with van der Waals surface area (Å²) in [5, 5.41) is 20.1. The molecule has 0 radical (unpaired) electrons. The Hall–Kier alpha value is -2.53. The number of piperazine rings is 1. The lowest BCUT2D eigenvalue weighted by Gasteiger charge is -2.41. The minimum absolute atomic E-state index is 0.0908. The molecule has 3 aliphatic rings. The van der Waals surface area contributed by atoms with E-state index < -0.39 is 29.1 Å². The van der Waals surface area contributed by atoms with Gasteiger partial charge in [0.25, 0.3) is 0 Å². The SMILES string of the molecule is CC1(C)OCC(O)C(N2CCN(c3cc4c(cc3F)c(=O)c(C(=O)O)cn4C3CC3)CC2)CO1. The van der Waals surface area contributed by atoms with Crippen LogP contribution in [0.15, 0.2) is 23.1 Å². The molecule has 5 rings (SSSR count). The van der Waals surface area contributed by atoms with Gasteiger partial charge in [0.2, 0.25) is 5.43 Å². The number of carboxylic acids is 1. The van der Waals surface area contributed by atoms with E-state index >= 15 is 4.39 Å². The van der Waals surface area contributed by atoms with Crippen LogP contribution >= 0.6 is 0 Å². The lowest BCUT2D eigenvalue weighted by molar-refractivity contribution is -0.204. The molecule has 9 nitrogen and oxygen atoms in total. The molecular weight excluding hydrogens is 445 g/mol. The summed E-state index contributed by atoms with van der Waals surface area (Å²) >= 11 is 0. The Labute approximate surface area is 196 Å². The van der Waals surface area contributed by atoms with Gasteiger partial charge in [0.15, 0.2) is 5.79 Å². The van der Waals surface area contributed by atoms with Crippen molar-refractivity contribution in [1.82, 2.24) is 9.47 Å². The first-order chi connectivity index (χ1) is 16.1. The van der Waals surface area contributed by atoms with E-state index in [1.807, 2.05) is 18.7 Å². The number of aliphatic hydroxyl groups excluding tert-OH is 1. The van der Waals surface area contributed by atoms with Crippen molar-refractivity contribution in [2.75, 3.05) is 44.3 Å². The van der Waals surface area contributed by atoms with Crippen LogP contribution in [0.1, 0.15) is 43.1 Å². The predicted octanol–water partition coefficient (Wildman–Crippen LogP) is 1.81. The Bertz CT molecular complexity index is 1170. The third kappa shape index (κ3) is 4.31. The van der Waals surface area contributed by atoms with Crippen LogP contribution in [0.2, 0.25) is 0 Å². The largest absolute Gasteiger partial charge is 0.477 e. The van der Waals surface area contributed by atoms with Gasteiger partial charge in [-0.25, -0.2) is 9.18 Å². The second-order valence-electron chi connectivity index (χ2n) is 9.82. The van der Waals surface area contributed by atoms with Crippen molar-refractivity contribution in [3.63, 3.8) is 0 Å². The average Bonchev–Trinajstić information content (AvgIpc) is 3.64. The number of ether oxygens (including phenoxy) is 2. The third-order valence-corrected chi connectivity index (χ3v) is 7.04. The first kappa shape index (κ1) is 23.2. The van der Waals surface area contributed by atoms with Gasteiger partial charge in [0, 0.05) is 43.8 Å². The Balaban J connectivity index is 1.40. The Morgan fingerprint density at radius 1 is 1.12 bits per heavy atom. The van der Waals surface area contributed by atoms with Gasteiger partial charge >= 0.3 is 5.97 Å². The molecular formula is C24H30FN3O6. The zero-order valence-corrected chi connectivity index (χ0v) is 19.4. The highest BCUT2D eigenvalue weighted by atomic mass is 19.1. The summed E-state index contributed by atoms with van der Waals surface area (Å²) in [6, 6.07) is 2.76. The Morgan fingerprint density at radius 3 is 2.44 bits per heavy atom. The summed E-state index contributed by atoms with van der Waals surface area (Å²) in [5.74, 6) is -2.60. The van der Waals surface area contributed by atoms with Gasteiger partial charge in [0.05, 0.1) is 36.6 Å². The molecule has 0 amide bonds. The van der Waals surface area contributed by atoms with Crippen LogP contribution in [0.5, 0.6) is 0 Å². The van der Waals surface area contributed by atoms with E-state index in [1.54, 1.807) is 10.6 Å². The molecule has 184 valence electrons. The average molecular weight is 476 g/mol. The Kier molecular flexibility index (Phi) is 5.87. The van der Waals surface area contributed by atoms with Crippen LogP contribution in [0.25, 0.3) is 10.9 Å². The minimum atomic E-state index is -1.31. The molecule has 34 heavy (non-hydrogen) atoms. The lowest BCUT2D eigenvalue weighted by Crippen LogP contribution is -2.55. The number of carboxylic acid groups (broad SMARTS) is 1.